The number of halogens is 2. The summed E-state index contributed by atoms with van der Waals surface area (Å²) in [4.78, 5) is 0. The fraction of sp³-hybridized carbons (Fsp3) is 0.250. The quantitative estimate of drug-likeness (QED) is 0.530. The average molecular weight is 220 g/mol. The first-order chi connectivity index (χ1) is 6.44. The Morgan fingerprint density at radius 3 is 2.43 bits per heavy atom. The van der Waals surface area contributed by atoms with Crippen LogP contribution in [0.15, 0.2) is 18.2 Å². The molecule has 0 spiro atoms. The molecule has 14 heavy (non-hydrogen) atoms. The molecule has 0 amide bonds. The van der Waals surface area contributed by atoms with E-state index in [-0.39, 0.29) is 22.5 Å². The lowest BCUT2D eigenvalue weighted by atomic mass is 10.1. The van der Waals surface area contributed by atoms with Crippen LogP contribution in [0.4, 0.5) is 8.78 Å². The van der Waals surface area contributed by atoms with Crippen LogP contribution in [0, 0.1) is 11.6 Å². The molecule has 1 aromatic rings. The van der Waals surface area contributed by atoms with Crippen molar-refractivity contribution in [3.05, 3.63) is 35.4 Å². The number of aliphatic hydroxyl groups is 2. The highest BCUT2D eigenvalue weighted by Crippen LogP contribution is 2.14. The maximum atomic E-state index is 12.7. The number of hydrogen-bond donors (Lipinski definition) is 2. The molecule has 0 fully saturated rings. The van der Waals surface area contributed by atoms with Crippen LogP contribution in [0.1, 0.15) is 5.56 Å². The topological polar surface area (TPSA) is 49.7 Å². The summed E-state index contributed by atoms with van der Waals surface area (Å²) in [5, 5.41) is 18.2. The Bertz CT molecular complexity index is 330. The molecule has 0 saturated heterocycles. The minimum atomic E-state index is -2.30. The van der Waals surface area contributed by atoms with Crippen LogP contribution in [-0.2, 0) is 10.8 Å². The summed E-state index contributed by atoms with van der Waals surface area (Å²) in [5.41, 5.74) is 0.254. The van der Waals surface area contributed by atoms with Gasteiger partial charge in [0.25, 0.3) is 5.97 Å². The van der Waals surface area contributed by atoms with Crippen molar-refractivity contribution in [3.8, 4) is 0 Å². The van der Waals surface area contributed by atoms with E-state index in [1.807, 2.05) is 0 Å². The summed E-state index contributed by atoms with van der Waals surface area (Å²) < 4.78 is 29.6. The van der Waals surface area contributed by atoms with Gasteiger partial charge in [0.1, 0.15) is 0 Å². The maximum absolute atomic E-state index is 12.7. The van der Waals surface area contributed by atoms with Gasteiger partial charge in [-0.05, 0) is 17.7 Å². The molecule has 1 rings (SSSR count). The molecule has 78 valence electrons. The van der Waals surface area contributed by atoms with E-state index >= 15 is 0 Å². The highest BCUT2D eigenvalue weighted by atomic mass is 28.2. The third kappa shape index (κ3) is 2.84. The molecule has 2 N–H and O–H groups in total. The highest BCUT2D eigenvalue weighted by molar-refractivity contribution is 5.98. The fourth-order valence-corrected chi connectivity index (χ4v) is 1.13. The Hall–Kier alpha value is -0.823. The van der Waals surface area contributed by atoms with Crippen LogP contribution in [-0.4, -0.2) is 26.7 Å². The number of hydrogen-bond acceptors (Lipinski definition) is 3. The van der Waals surface area contributed by atoms with E-state index in [4.69, 9.17) is 10.2 Å². The molecule has 0 heterocycles. The lowest BCUT2D eigenvalue weighted by Gasteiger charge is -2.19. The molecule has 0 aromatic heterocycles. The van der Waals surface area contributed by atoms with Crippen molar-refractivity contribution < 1.29 is 23.4 Å². The van der Waals surface area contributed by atoms with Gasteiger partial charge in [-0.3, -0.25) is 0 Å². The first-order valence-electron chi connectivity index (χ1n) is 3.88. The Morgan fingerprint density at radius 1 is 1.29 bits per heavy atom. The van der Waals surface area contributed by atoms with E-state index in [9.17, 15) is 8.78 Å². The molecule has 0 aliphatic carbocycles. The van der Waals surface area contributed by atoms with Gasteiger partial charge in [0.2, 0.25) is 0 Å². The SMILES string of the molecule is OC(O)(Cc1ccc(F)c(F)c1)O[SiH3]. The summed E-state index contributed by atoms with van der Waals surface area (Å²) >= 11 is 0. The van der Waals surface area contributed by atoms with E-state index in [2.05, 4.69) is 4.43 Å². The predicted molar refractivity (Wildman–Crippen MR) is 48.3 cm³/mol. The van der Waals surface area contributed by atoms with E-state index in [1.54, 1.807) is 0 Å². The number of benzene rings is 1. The average Bonchev–Trinajstić information content (AvgIpc) is 2.11. The van der Waals surface area contributed by atoms with Gasteiger partial charge in [0.05, 0.1) is 6.42 Å². The smallest absolute Gasteiger partial charge is 0.271 e. The van der Waals surface area contributed by atoms with Crippen molar-refractivity contribution in [2.45, 2.75) is 12.4 Å². The van der Waals surface area contributed by atoms with E-state index in [0.29, 0.717) is 0 Å². The van der Waals surface area contributed by atoms with E-state index in [1.165, 1.54) is 6.07 Å². The molecular weight excluding hydrogens is 210 g/mol. The second-order valence-electron chi connectivity index (χ2n) is 2.87. The van der Waals surface area contributed by atoms with Gasteiger partial charge in [-0.2, -0.15) is 0 Å². The summed E-state index contributed by atoms with van der Waals surface area (Å²) in [7, 11) is 0.137. The van der Waals surface area contributed by atoms with Crippen molar-refractivity contribution in [3.63, 3.8) is 0 Å². The predicted octanol–water partition coefficient (Wildman–Crippen LogP) is -0.557. The van der Waals surface area contributed by atoms with Crippen molar-refractivity contribution in [1.82, 2.24) is 0 Å². The van der Waals surface area contributed by atoms with Crippen molar-refractivity contribution >= 4 is 10.5 Å². The van der Waals surface area contributed by atoms with Crippen molar-refractivity contribution in [2.24, 2.45) is 0 Å². The monoisotopic (exact) mass is 220 g/mol. The maximum Gasteiger partial charge on any atom is 0.271 e. The molecule has 0 saturated carbocycles. The van der Waals surface area contributed by atoms with Crippen LogP contribution in [0.3, 0.4) is 0 Å². The lowest BCUT2D eigenvalue weighted by Crippen LogP contribution is -2.33. The van der Waals surface area contributed by atoms with E-state index < -0.39 is 17.6 Å². The molecule has 6 heteroatoms. The normalized spacial score (nSPS) is 12.0. The third-order valence-corrected chi connectivity index (χ3v) is 2.40. The summed E-state index contributed by atoms with van der Waals surface area (Å²) in [6, 6.07) is 3.09. The molecule has 0 aliphatic heterocycles. The summed E-state index contributed by atoms with van der Waals surface area (Å²) in [6.45, 7) is 0. The molecule has 0 bridgehead atoms. The second-order valence-corrected chi connectivity index (χ2v) is 3.28. The Morgan fingerprint density at radius 2 is 1.93 bits per heavy atom. The van der Waals surface area contributed by atoms with Gasteiger partial charge in [-0.25, -0.2) is 8.78 Å². The molecule has 3 nitrogen and oxygen atoms in total. The molecule has 1 aromatic carbocycles. The first kappa shape index (κ1) is 11.3. The summed E-state index contributed by atoms with van der Waals surface area (Å²) in [6.07, 6.45) is -0.298. The zero-order valence-electron chi connectivity index (χ0n) is 7.50. The standard InChI is InChI=1S/C8H10F2O3Si/c9-6-2-1-5(3-7(6)10)4-8(11,12)13-14/h1-3,11-12H,4H2,14H3. The Labute approximate surface area is 82.5 Å². The van der Waals surface area contributed by atoms with Gasteiger partial charge >= 0.3 is 0 Å². The Balaban J connectivity index is 2.83. The van der Waals surface area contributed by atoms with Gasteiger partial charge in [-0.15, -0.1) is 0 Å². The number of rotatable bonds is 3. The van der Waals surface area contributed by atoms with Gasteiger partial charge in [0, 0.05) is 0 Å². The van der Waals surface area contributed by atoms with Gasteiger partial charge in [-0.1, -0.05) is 6.07 Å². The zero-order chi connectivity index (χ0) is 10.8. The van der Waals surface area contributed by atoms with Crippen LogP contribution in [0.5, 0.6) is 0 Å². The third-order valence-electron chi connectivity index (χ3n) is 1.75. The fourth-order valence-electron chi connectivity index (χ4n) is 0.988. The van der Waals surface area contributed by atoms with Gasteiger partial charge in [0.15, 0.2) is 22.1 Å². The Kier molecular flexibility index (Phi) is 3.32. The van der Waals surface area contributed by atoms with Crippen LogP contribution >= 0.6 is 0 Å². The van der Waals surface area contributed by atoms with Gasteiger partial charge < -0.3 is 14.6 Å². The molecular formula is C8H10F2O3Si. The van der Waals surface area contributed by atoms with Crippen molar-refractivity contribution in [1.29, 1.82) is 0 Å². The van der Waals surface area contributed by atoms with Crippen LogP contribution in [0.25, 0.3) is 0 Å². The van der Waals surface area contributed by atoms with Crippen LogP contribution in [0.2, 0.25) is 0 Å². The molecule has 0 aliphatic rings. The van der Waals surface area contributed by atoms with Crippen LogP contribution < -0.4 is 0 Å². The summed E-state index contributed by atoms with van der Waals surface area (Å²) in [5.74, 6) is -4.29. The lowest BCUT2D eigenvalue weighted by molar-refractivity contribution is -0.289. The molecule has 0 radical (unpaired) electrons. The minimum absolute atomic E-state index is 0.137. The van der Waals surface area contributed by atoms with Crippen molar-refractivity contribution in [2.75, 3.05) is 0 Å². The zero-order valence-corrected chi connectivity index (χ0v) is 9.50. The second kappa shape index (κ2) is 4.14. The largest absolute Gasteiger partial charge is 0.380 e. The van der Waals surface area contributed by atoms with E-state index in [0.717, 1.165) is 12.1 Å². The first-order valence-corrected chi connectivity index (χ1v) is 4.70. The molecule has 0 atom stereocenters. The molecule has 0 unspecified atom stereocenters. The highest BCUT2D eigenvalue weighted by Gasteiger charge is 2.22. The minimum Gasteiger partial charge on any atom is -0.380 e.